The van der Waals surface area contributed by atoms with Crippen LogP contribution in [-0.4, -0.2) is 71.3 Å². The fourth-order valence-corrected chi connectivity index (χ4v) is 5.03. The molecule has 3 heterocycles. The number of aryl methyl sites for hydroxylation is 1. The summed E-state index contributed by atoms with van der Waals surface area (Å²) in [6.45, 7) is -0.00843. The first-order chi connectivity index (χ1) is 19.6. The molecule has 0 aliphatic heterocycles. The maximum absolute atomic E-state index is 13.6. The predicted octanol–water partition coefficient (Wildman–Crippen LogP) is 3.56. The second-order valence-electron chi connectivity index (χ2n) is 8.56. The van der Waals surface area contributed by atoms with Crippen LogP contribution in [0.5, 0.6) is 17.4 Å². The van der Waals surface area contributed by atoms with Gasteiger partial charge in [0.1, 0.15) is 28.5 Å². The Morgan fingerprint density at radius 1 is 0.951 bits per heavy atom. The van der Waals surface area contributed by atoms with Crippen LogP contribution in [0.15, 0.2) is 48.8 Å². The van der Waals surface area contributed by atoms with Crippen LogP contribution in [0.2, 0.25) is 0 Å². The van der Waals surface area contributed by atoms with Crippen molar-refractivity contribution in [3.8, 4) is 34.6 Å². The molecule has 4 rings (SSSR count). The molecule has 218 valence electrons. The highest BCUT2D eigenvalue weighted by Crippen LogP contribution is 2.38. The Morgan fingerprint density at radius 3 is 2.27 bits per heavy atom. The lowest BCUT2D eigenvalue weighted by atomic mass is 10.2. The van der Waals surface area contributed by atoms with Crippen LogP contribution in [0.1, 0.15) is 24.4 Å². The number of pyridine rings is 1. The van der Waals surface area contributed by atoms with Crippen molar-refractivity contribution in [2.24, 2.45) is 0 Å². The van der Waals surface area contributed by atoms with E-state index in [0.717, 1.165) is 10.1 Å². The van der Waals surface area contributed by atoms with Gasteiger partial charge in [-0.25, -0.2) is 23.4 Å². The minimum atomic E-state index is -4.30. The lowest BCUT2D eigenvalue weighted by Crippen LogP contribution is -2.33. The van der Waals surface area contributed by atoms with Crippen LogP contribution in [0, 0.1) is 6.92 Å². The monoisotopic (exact) mass is 591 g/mol. The molecule has 2 atom stereocenters. The van der Waals surface area contributed by atoms with Crippen LogP contribution in [0.4, 0.5) is 14.7 Å². The van der Waals surface area contributed by atoms with Gasteiger partial charge in [0.25, 0.3) is 0 Å². The number of para-hydroxylation sites is 1. The number of sulfonamides is 1. The Balaban J connectivity index is 1.87. The van der Waals surface area contributed by atoms with Gasteiger partial charge in [0.05, 0.1) is 14.2 Å². The highest BCUT2D eigenvalue weighted by atomic mass is 32.2. The van der Waals surface area contributed by atoms with E-state index in [0.29, 0.717) is 0 Å². The third-order valence-electron chi connectivity index (χ3n) is 5.91. The number of anilines is 1. The summed E-state index contributed by atoms with van der Waals surface area (Å²) in [4.78, 5) is 12.7. The number of rotatable bonds is 12. The number of aromatic nitrogens is 6. The van der Waals surface area contributed by atoms with Gasteiger partial charge in [0.15, 0.2) is 17.4 Å². The average Bonchev–Trinajstić information content (AvgIpc) is 3.36. The van der Waals surface area contributed by atoms with Crippen molar-refractivity contribution in [2.75, 3.05) is 26.1 Å². The Morgan fingerprint density at radius 2 is 1.63 bits per heavy atom. The van der Waals surface area contributed by atoms with Crippen molar-refractivity contribution in [1.29, 1.82) is 0 Å². The average molecular weight is 592 g/mol. The highest BCUT2D eigenvalue weighted by Gasteiger charge is 2.35. The minimum absolute atomic E-state index is 0.0250. The van der Waals surface area contributed by atoms with Crippen molar-refractivity contribution >= 4 is 16.0 Å². The van der Waals surface area contributed by atoms with Crippen molar-refractivity contribution in [3.05, 3.63) is 60.2 Å². The molecule has 3 aromatic heterocycles. The fraction of sp³-hybridized carbons (Fsp3) is 0.320. The molecule has 0 fully saturated rings. The second-order valence-corrected chi connectivity index (χ2v) is 10.6. The van der Waals surface area contributed by atoms with Crippen LogP contribution in [0.25, 0.3) is 17.2 Å². The molecule has 0 saturated carbocycles. The molecule has 16 heteroatoms. The molecule has 0 spiro atoms. The van der Waals surface area contributed by atoms with E-state index in [1.807, 2.05) is 0 Å². The van der Waals surface area contributed by atoms with Gasteiger partial charge in [0.2, 0.25) is 21.9 Å². The van der Waals surface area contributed by atoms with E-state index < -0.39 is 28.0 Å². The summed E-state index contributed by atoms with van der Waals surface area (Å²) in [6.07, 6.45) is 2.02. The normalized spacial score (nSPS) is 13.1. The summed E-state index contributed by atoms with van der Waals surface area (Å²) in [6, 6.07) is 8.95. The molecule has 0 bridgehead atoms. The van der Waals surface area contributed by atoms with E-state index in [1.165, 1.54) is 58.8 Å². The molecule has 1 aromatic carbocycles. The highest BCUT2D eigenvalue weighted by molar-refractivity contribution is 7.93. The van der Waals surface area contributed by atoms with E-state index in [-0.39, 0.29) is 46.4 Å². The molecule has 0 aliphatic rings. The van der Waals surface area contributed by atoms with Gasteiger partial charge in [0, 0.05) is 25.6 Å². The Kier molecular flexibility index (Phi) is 8.92. The second kappa shape index (κ2) is 12.4. The quantitative estimate of drug-likeness (QED) is 0.257. The first-order valence-electron chi connectivity index (χ1n) is 12.0. The molecular weight excluding hydrogens is 564 g/mol. The Labute approximate surface area is 234 Å². The van der Waals surface area contributed by atoms with Gasteiger partial charge in [-0.2, -0.15) is 8.78 Å². The van der Waals surface area contributed by atoms with E-state index in [1.54, 1.807) is 25.1 Å². The van der Waals surface area contributed by atoms with E-state index in [9.17, 15) is 17.2 Å². The predicted molar refractivity (Wildman–Crippen MR) is 143 cm³/mol. The number of benzene rings is 1. The summed E-state index contributed by atoms with van der Waals surface area (Å²) < 4.78 is 78.5. The number of halogens is 2. The molecule has 0 amide bonds. The largest absolute Gasteiger partial charge is 0.494 e. The number of methoxy groups -OCH3 is 3. The molecule has 0 saturated heterocycles. The number of hydrogen-bond donors (Lipinski definition) is 1. The molecular formula is C25H27F2N7O6S. The molecule has 13 nitrogen and oxygen atoms in total. The van der Waals surface area contributed by atoms with Crippen molar-refractivity contribution < 1.29 is 36.1 Å². The van der Waals surface area contributed by atoms with E-state index in [2.05, 4.69) is 29.9 Å². The lowest BCUT2D eigenvalue weighted by molar-refractivity contribution is -0.0499. The summed E-state index contributed by atoms with van der Waals surface area (Å²) in [5, 5.41) is 6.91. The van der Waals surface area contributed by atoms with Crippen LogP contribution in [-0.2, 0) is 14.8 Å². The SMILES string of the molecule is COc1cccc(-c2nnc(NS(=O)(=O)[C@@H](C)[C@H](OC)c3ncc(C)cn3)n2-c2c(OC)cccc2OC(F)F)n1. The zero-order valence-corrected chi connectivity index (χ0v) is 23.5. The van der Waals surface area contributed by atoms with Gasteiger partial charge in [-0.15, -0.1) is 10.2 Å². The summed E-state index contributed by atoms with van der Waals surface area (Å²) in [5.41, 5.74) is 0.866. The Hall–Kier alpha value is -4.44. The Bertz CT molecular complexity index is 1600. The zero-order valence-electron chi connectivity index (χ0n) is 22.6. The number of alkyl halides is 2. The van der Waals surface area contributed by atoms with Gasteiger partial charge in [-0.3, -0.25) is 9.29 Å². The van der Waals surface area contributed by atoms with Gasteiger partial charge in [-0.05, 0) is 37.6 Å². The van der Waals surface area contributed by atoms with Crippen molar-refractivity contribution in [2.45, 2.75) is 31.8 Å². The lowest BCUT2D eigenvalue weighted by Gasteiger charge is -2.23. The van der Waals surface area contributed by atoms with Crippen molar-refractivity contribution in [3.63, 3.8) is 0 Å². The summed E-state index contributed by atoms with van der Waals surface area (Å²) in [5.74, 6) is -0.292. The number of nitrogens with zero attached hydrogens (tertiary/aromatic N) is 6. The third kappa shape index (κ3) is 6.33. The smallest absolute Gasteiger partial charge is 0.387 e. The maximum atomic E-state index is 13.6. The standard InChI is InChI=1S/C25H27F2N7O6S/c1-14-12-28-22(29-13-14)21(39-5)15(2)41(35,36)33-25-32-31-23(16-8-6-11-19(30-16)38-4)34(25)20-17(37-3)9-7-10-18(20)40-24(26)27/h6-13,15,21,24H,1-5H3,(H,32,33)/t15-,21-/m0/s1. The molecule has 4 aromatic rings. The topological polar surface area (TPSA) is 152 Å². The first kappa shape index (κ1) is 29.5. The first-order valence-corrected chi connectivity index (χ1v) is 13.6. The fourth-order valence-electron chi connectivity index (χ4n) is 3.90. The van der Waals surface area contributed by atoms with Crippen LogP contribution >= 0.6 is 0 Å². The van der Waals surface area contributed by atoms with Gasteiger partial charge < -0.3 is 18.9 Å². The minimum Gasteiger partial charge on any atom is -0.494 e. The number of ether oxygens (including phenoxy) is 4. The summed E-state index contributed by atoms with van der Waals surface area (Å²) >= 11 is 0. The third-order valence-corrected chi connectivity index (χ3v) is 7.60. The van der Waals surface area contributed by atoms with E-state index in [4.69, 9.17) is 18.9 Å². The zero-order chi connectivity index (χ0) is 29.7. The van der Waals surface area contributed by atoms with E-state index >= 15 is 0 Å². The van der Waals surface area contributed by atoms with Crippen LogP contribution < -0.4 is 18.9 Å². The number of nitrogens with one attached hydrogen (secondary N) is 1. The summed E-state index contributed by atoms with van der Waals surface area (Å²) in [7, 11) is -0.244. The molecule has 0 unspecified atom stereocenters. The number of hydrogen-bond acceptors (Lipinski definition) is 11. The molecule has 1 N–H and O–H groups in total. The van der Waals surface area contributed by atoms with Gasteiger partial charge >= 0.3 is 6.61 Å². The molecule has 0 aliphatic carbocycles. The maximum Gasteiger partial charge on any atom is 0.387 e. The molecule has 0 radical (unpaired) electrons. The van der Waals surface area contributed by atoms with Crippen LogP contribution in [0.3, 0.4) is 0 Å². The van der Waals surface area contributed by atoms with Crippen molar-refractivity contribution in [1.82, 2.24) is 29.7 Å². The van der Waals surface area contributed by atoms with Gasteiger partial charge in [-0.1, -0.05) is 12.1 Å². The molecule has 41 heavy (non-hydrogen) atoms.